The highest BCUT2D eigenvalue weighted by atomic mass is 16.2. The number of hydrogen-bond acceptors (Lipinski definition) is 2. The van der Waals surface area contributed by atoms with Gasteiger partial charge in [-0.05, 0) is 43.5 Å². The molecule has 18 heavy (non-hydrogen) atoms. The third kappa shape index (κ3) is 2.91. The van der Waals surface area contributed by atoms with Gasteiger partial charge in [0.2, 0.25) is 5.91 Å². The van der Waals surface area contributed by atoms with Crippen LogP contribution < -0.4 is 10.2 Å². The zero-order valence-corrected chi connectivity index (χ0v) is 11.3. The van der Waals surface area contributed by atoms with Gasteiger partial charge < -0.3 is 10.2 Å². The summed E-state index contributed by atoms with van der Waals surface area (Å²) in [4.78, 5) is 14.1. The Morgan fingerprint density at radius 2 is 2.11 bits per heavy atom. The average Bonchev–Trinajstić information content (AvgIpc) is 2.47. The van der Waals surface area contributed by atoms with Crippen molar-refractivity contribution in [3.8, 4) is 0 Å². The van der Waals surface area contributed by atoms with Crippen LogP contribution in [0.5, 0.6) is 0 Å². The summed E-state index contributed by atoms with van der Waals surface area (Å²) in [5.74, 6) is 0.362. The normalized spacial score (nSPS) is 19.6. The number of rotatable bonds is 3. The van der Waals surface area contributed by atoms with Crippen LogP contribution in [-0.4, -0.2) is 26.0 Å². The standard InChI is InChI=1S/C15H22N2O/c1-3-12-6-8-14(9-7-12)17(2)15(18)13-5-4-10-16-11-13/h6-9,13,16H,3-5,10-11H2,1-2H3. The van der Waals surface area contributed by atoms with Gasteiger partial charge in [-0.1, -0.05) is 19.1 Å². The highest BCUT2D eigenvalue weighted by Gasteiger charge is 2.24. The summed E-state index contributed by atoms with van der Waals surface area (Å²) in [7, 11) is 1.87. The molecule has 1 heterocycles. The molecule has 3 heteroatoms. The maximum atomic E-state index is 12.3. The highest BCUT2D eigenvalue weighted by molar-refractivity contribution is 5.94. The number of carbonyl (C=O) groups excluding carboxylic acids is 1. The van der Waals surface area contributed by atoms with E-state index in [2.05, 4.69) is 24.4 Å². The van der Waals surface area contributed by atoms with Crippen LogP contribution in [0.15, 0.2) is 24.3 Å². The van der Waals surface area contributed by atoms with Gasteiger partial charge in [-0.2, -0.15) is 0 Å². The molecule has 2 rings (SSSR count). The minimum absolute atomic E-state index is 0.134. The molecule has 1 saturated heterocycles. The number of nitrogens with zero attached hydrogens (tertiary/aromatic N) is 1. The van der Waals surface area contributed by atoms with E-state index in [9.17, 15) is 4.79 Å². The van der Waals surface area contributed by atoms with Gasteiger partial charge >= 0.3 is 0 Å². The molecule has 0 radical (unpaired) electrons. The summed E-state index contributed by atoms with van der Waals surface area (Å²) in [6.45, 7) is 3.99. The highest BCUT2D eigenvalue weighted by Crippen LogP contribution is 2.19. The molecule has 1 aromatic carbocycles. The molecule has 0 spiro atoms. The molecule has 98 valence electrons. The van der Waals surface area contributed by atoms with Gasteiger partial charge in [0, 0.05) is 19.3 Å². The van der Waals surface area contributed by atoms with Crippen LogP contribution in [0.3, 0.4) is 0 Å². The fourth-order valence-electron chi connectivity index (χ4n) is 2.42. The van der Waals surface area contributed by atoms with E-state index in [1.165, 1.54) is 5.56 Å². The maximum Gasteiger partial charge on any atom is 0.231 e. The molecule has 0 saturated carbocycles. The van der Waals surface area contributed by atoms with E-state index in [0.29, 0.717) is 0 Å². The third-order valence-electron chi connectivity index (χ3n) is 3.71. The van der Waals surface area contributed by atoms with Gasteiger partial charge in [-0.25, -0.2) is 0 Å². The largest absolute Gasteiger partial charge is 0.316 e. The number of benzene rings is 1. The first-order valence-corrected chi connectivity index (χ1v) is 6.79. The summed E-state index contributed by atoms with van der Waals surface area (Å²) in [5, 5.41) is 3.29. The summed E-state index contributed by atoms with van der Waals surface area (Å²) < 4.78 is 0. The number of amides is 1. The predicted octanol–water partition coefficient (Wildman–Crippen LogP) is 2.21. The lowest BCUT2D eigenvalue weighted by molar-refractivity contribution is -0.122. The molecule has 1 N–H and O–H groups in total. The van der Waals surface area contributed by atoms with E-state index in [0.717, 1.165) is 38.0 Å². The Morgan fingerprint density at radius 1 is 1.39 bits per heavy atom. The van der Waals surface area contributed by atoms with E-state index in [4.69, 9.17) is 0 Å². The fraction of sp³-hybridized carbons (Fsp3) is 0.533. The second-order valence-electron chi connectivity index (χ2n) is 4.96. The summed E-state index contributed by atoms with van der Waals surface area (Å²) in [6.07, 6.45) is 3.13. The van der Waals surface area contributed by atoms with Crippen molar-refractivity contribution in [2.75, 3.05) is 25.0 Å². The van der Waals surface area contributed by atoms with Crippen molar-refractivity contribution in [3.05, 3.63) is 29.8 Å². The second kappa shape index (κ2) is 6.01. The zero-order chi connectivity index (χ0) is 13.0. The molecule has 1 aliphatic rings. The predicted molar refractivity (Wildman–Crippen MR) is 74.8 cm³/mol. The van der Waals surface area contributed by atoms with Crippen molar-refractivity contribution in [2.24, 2.45) is 5.92 Å². The Bertz CT molecular complexity index is 393. The molecule has 1 aromatic rings. The Morgan fingerprint density at radius 3 is 2.67 bits per heavy atom. The van der Waals surface area contributed by atoms with Gasteiger partial charge in [0.15, 0.2) is 0 Å². The minimum atomic E-state index is 0.134. The smallest absolute Gasteiger partial charge is 0.231 e. The molecular weight excluding hydrogens is 224 g/mol. The molecule has 1 unspecified atom stereocenters. The van der Waals surface area contributed by atoms with Crippen LogP contribution >= 0.6 is 0 Å². The fourth-order valence-corrected chi connectivity index (χ4v) is 2.42. The molecule has 1 fully saturated rings. The van der Waals surface area contributed by atoms with Crippen molar-refractivity contribution in [2.45, 2.75) is 26.2 Å². The lowest BCUT2D eigenvalue weighted by atomic mass is 9.98. The lowest BCUT2D eigenvalue weighted by Crippen LogP contribution is -2.41. The Hall–Kier alpha value is -1.35. The second-order valence-corrected chi connectivity index (χ2v) is 4.96. The van der Waals surface area contributed by atoms with Gasteiger partial charge in [0.1, 0.15) is 0 Å². The number of aryl methyl sites for hydroxylation is 1. The van der Waals surface area contributed by atoms with Crippen LogP contribution in [0.2, 0.25) is 0 Å². The number of hydrogen-bond donors (Lipinski definition) is 1. The van der Waals surface area contributed by atoms with Crippen LogP contribution in [0, 0.1) is 5.92 Å². The molecule has 3 nitrogen and oxygen atoms in total. The first-order chi connectivity index (χ1) is 8.72. The number of carbonyl (C=O) groups is 1. The Labute approximate surface area is 109 Å². The van der Waals surface area contributed by atoms with Gasteiger partial charge in [-0.3, -0.25) is 4.79 Å². The van der Waals surface area contributed by atoms with Crippen molar-refractivity contribution in [3.63, 3.8) is 0 Å². The molecule has 1 atom stereocenters. The van der Waals surface area contributed by atoms with E-state index >= 15 is 0 Å². The summed E-state index contributed by atoms with van der Waals surface area (Å²) in [6, 6.07) is 8.26. The van der Waals surface area contributed by atoms with Crippen molar-refractivity contribution in [1.82, 2.24) is 5.32 Å². The minimum Gasteiger partial charge on any atom is -0.316 e. The average molecular weight is 246 g/mol. The van der Waals surface area contributed by atoms with Crippen LogP contribution in [0.4, 0.5) is 5.69 Å². The van der Waals surface area contributed by atoms with Crippen molar-refractivity contribution in [1.29, 1.82) is 0 Å². The Kier molecular flexibility index (Phi) is 4.37. The van der Waals surface area contributed by atoms with Crippen LogP contribution in [-0.2, 0) is 11.2 Å². The summed E-state index contributed by atoms with van der Waals surface area (Å²) >= 11 is 0. The van der Waals surface area contributed by atoms with E-state index in [-0.39, 0.29) is 11.8 Å². The van der Waals surface area contributed by atoms with Crippen molar-refractivity contribution >= 4 is 11.6 Å². The van der Waals surface area contributed by atoms with E-state index < -0.39 is 0 Å². The van der Waals surface area contributed by atoms with E-state index in [1.807, 2.05) is 19.2 Å². The lowest BCUT2D eigenvalue weighted by Gasteiger charge is -2.27. The molecule has 1 amide bonds. The maximum absolute atomic E-state index is 12.3. The molecule has 0 aromatic heterocycles. The first-order valence-electron chi connectivity index (χ1n) is 6.79. The quantitative estimate of drug-likeness (QED) is 0.887. The molecule has 0 bridgehead atoms. The number of nitrogens with one attached hydrogen (secondary N) is 1. The molecule has 1 aliphatic heterocycles. The summed E-state index contributed by atoms with van der Waals surface area (Å²) in [5.41, 5.74) is 2.29. The van der Waals surface area contributed by atoms with Gasteiger partial charge in [0.25, 0.3) is 0 Å². The van der Waals surface area contributed by atoms with Gasteiger partial charge in [0.05, 0.1) is 5.92 Å². The zero-order valence-electron chi connectivity index (χ0n) is 11.3. The van der Waals surface area contributed by atoms with Crippen molar-refractivity contribution < 1.29 is 4.79 Å². The SMILES string of the molecule is CCc1ccc(N(C)C(=O)C2CCCNC2)cc1. The van der Waals surface area contributed by atoms with E-state index in [1.54, 1.807) is 4.90 Å². The van der Waals surface area contributed by atoms with Crippen LogP contribution in [0.25, 0.3) is 0 Å². The first kappa shape index (κ1) is 13.1. The third-order valence-corrected chi connectivity index (χ3v) is 3.71. The molecule has 0 aliphatic carbocycles. The number of anilines is 1. The van der Waals surface area contributed by atoms with Gasteiger partial charge in [-0.15, -0.1) is 0 Å². The van der Waals surface area contributed by atoms with Crippen LogP contribution in [0.1, 0.15) is 25.3 Å². The topological polar surface area (TPSA) is 32.3 Å². The monoisotopic (exact) mass is 246 g/mol. The number of piperidine rings is 1. The Balaban J connectivity index is 2.04. The molecular formula is C15H22N2O.